The molecule has 1 aromatic rings. The second kappa shape index (κ2) is 9.87. The molecule has 0 atom stereocenters. The molecule has 0 aliphatic heterocycles. The van der Waals surface area contributed by atoms with Gasteiger partial charge >= 0.3 is 0 Å². The predicted molar refractivity (Wildman–Crippen MR) is 98.6 cm³/mol. The Labute approximate surface area is 144 Å². The van der Waals surface area contributed by atoms with E-state index in [0.29, 0.717) is 6.10 Å². The number of nitrogens with zero attached hydrogens (tertiary/aromatic N) is 1. The van der Waals surface area contributed by atoms with E-state index in [0.717, 1.165) is 31.2 Å². The molecule has 1 fully saturated rings. The molecule has 2 rings (SSSR count). The molecular weight excluding hydrogens is 377 g/mol. The maximum absolute atomic E-state index is 6.03. The molecule has 118 valence electrons. The van der Waals surface area contributed by atoms with Gasteiger partial charge in [0.25, 0.3) is 0 Å². The lowest BCUT2D eigenvalue weighted by atomic mass is 9.96. The average molecular weight is 403 g/mol. The van der Waals surface area contributed by atoms with E-state index in [-0.39, 0.29) is 24.0 Å². The van der Waals surface area contributed by atoms with Crippen LogP contribution in [0.15, 0.2) is 29.3 Å². The van der Waals surface area contributed by atoms with Crippen LogP contribution >= 0.6 is 24.0 Å². The zero-order chi connectivity index (χ0) is 14.2. The molecule has 0 saturated heterocycles. The molecule has 0 spiro atoms. The van der Waals surface area contributed by atoms with Crippen molar-refractivity contribution in [3.05, 3.63) is 29.8 Å². The first-order chi connectivity index (χ1) is 9.83. The van der Waals surface area contributed by atoms with Gasteiger partial charge < -0.3 is 15.4 Å². The first-order valence-corrected chi connectivity index (χ1v) is 7.52. The summed E-state index contributed by atoms with van der Waals surface area (Å²) in [6, 6.07) is 8.24. The van der Waals surface area contributed by atoms with Crippen LogP contribution in [0.25, 0.3) is 0 Å². The van der Waals surface area contributed by atoms with Crippen molar-refractivity contribution in [3.8, 4) is 5.75 Å². The maximum Gasteiger partial charge on any atom is 0.191 e. The van der Waals surface area contributed by atoms with Crippen molar-refractivity contribution in [1.82, 2.24) is 10.6 Å². The standard InChI is InChI=1S/C16H25N3O.HI/c1-3-11-18-16(17-2)19-12-13-7-4-5-10-15(13)20-14-8-6-9-14;/h4-5,7,10,14H,3,6,8-9,11-12H2,1-2H3,(H2,17,18,19);1H. The molecule has 0 heterocycles. The van der Waals surface area contributed by atoms with E-state index in [1.165, 1.54) is 24.8 Å². The first kappa shape index (κ1) is 18.1. The molecule has 1 aromatic carbocycles. The summed E-state index contributed by atoms with van der Waals surface area (Å²) in [6.07, 6.45) is 5.15. The van der Waals surface area contributed by atoms with Crippen LogP contribution in [0.5, 0.6) is 5.75 Å². The SMILES string of the molecule is CCCNC(=NC)NCc1ccccc1OC1CCC1.I. The monoisotopic (exact) mass is 403 g/mol. The Balaban J connectivity index is 0.00000220. The van der Waals surface area contributed by atoms with E-state index < -0.39 is 0 Å². The minimum absolute atomic E-state index is 0. The fraction of sp³-hybridized carbons (Fsp3) is 0.562. The lowest BCUT2D eigenvalue weighted by Gasteiger charge is -2.27. The summed E-state index contributed by atoms with van der Waals surface area (Å²) in [4.78, 5) is 4.21. The zero-order valence-electron chi connectivity index (χ0n) is 12.9. The molecule has 5 heteroatoms. The summed E-state index contributed by atoms with van der Waals surface area (Å²) >= 11 is 0. The first-order valence-electron chi connectivity index (χ1n) is 7.52. The molecule has 1 saturated carbocycles. The van der Waals surface area contributed by atoms with E-state index in [9.17, 15) is 0 Å². The van der Waals surface area contributed by atoms with Crippen LogP contribution < -0.4 is 15.4 Å². The lowest BCUT2D eigenvalue weighted by molar-refractivity contribution is 0.119. The summed E-state index contributed by atoms with van der Waals surface area (Å²) in [5.41, 5.74) is 1.18. The molecule has 1 aliphatic carbocycles. The summed E-state index contributed by atoms with van der Waals surface area (Å²) in [7, 11) is 1.79. The molecule has 2 N–H and O–H groups in total. The zero-order valence-corrected chi connectivity index (χ0v) is 15.2. The molecule has 0 amide bonds. The van der Waals surface area contributed by atoms with Crippen molar-refractivity contribution in [2.24, 2.45) is 4.99 Å². The Morgan fingerprint density at radius 1 is 1.29 bits per heavy atom. The third-order valence-electron chi connectivity index (χ3n) is 3.53. The third-order valence-corrected chi connectivity index (χ3v) is 3.53. The van der Waals surface area contributed by atoms with Crippen molar-refractivity contribution < 1.29 is 4.74 Å². The van der Waals surface area contributed by atoms with Crippen molar-refractivity contribution in [2.45, 2.75) is 45.3 Å². The van der Waals surface area contributed by atoms with Crippen LogP contribution in [0.4, 0.5) is 0 Å². The molecule has 1 aliphatic rings. The van der Waals surface area contributed by atoms with Crippen molar-refractivity contribution >= 4 is 29.9 Å². The van der Waals surface area contributed by atoms with Gasteiger partial charge in [0.05, 0.1) is 6.10 Å². The van der Waals surface area contributed by atoms with Gasteiger partial charge in [-0.05, 0) is 31.7 Å². The van der Waals surface area contributed by atoms with E-state index in [2.05, 4.69) is 34.7 Å². The third kappa shape index (κ3) is 5.73. The highest BCUT2D eigenvalue weighted by atomic mass is 127. The second-order valence-corrected chi connectivity index (χ2v) is 5.13. The topological polar surface area (TPSA) is 45.7 Å². The number of halogens is 1. The molecular formula is C16H26IN3O. The highest BCUT2D eigenvalue weighted by molar-refractivity contribution is 14.0. The Bertz CT molecular complexity index is 447. The van der Waals surface area contributed by atoms with Crippen LogP contribution in [-0.4, -0.2) is 25.7 Å². The van der Waals surface area contributed by atoms with E-state index >= 15 is 0 Å². The normalized spacial score (nSPS) is 14.9. The van der Waals surface area contributed by atoms with Gasteiger partial charge in [-0.25, -0.2) is 0 Å². The quantitative estimate of drug-likeness (QED) is 0.435. The molecule has 4 nitrogen and oxygen atoms in total. The van der Waals surface area contributed by atoms with Crippen LogP contribution in [-0.2, 0) is 6.54 Å². The highest BCUT2D eigenvalue weighted by Crippen LogP contribution is 2.27. The Hall–Kier alpha value is -0.980. The van der Waals surface area contributed by atoms with Gasteiger partial charge in [-0.3, -0.25) is 4.99 Å². The molecule has 21 heavy (non-hydrogen) atoms. The van der Waals surface area contributed by atoms with Gasteiger partial charge in [0.2, 0.25) is 0 Å². The summed E-state index contributed by atoms with van der Waals surface area (Å²) in [6.45, 7) is 3.80. The fourth-order valence-electron chi connectivity index (χ4n) is 2.08. The molecule has 0 aromatic heterocycles. The smallest absolute Gasteiger partial charge is 0.191 e. The highest BCUT2D eigenvalue weighted by Gasteiger charge is 2.20. The second-order valence-electron chi connectivity index (χ2n) is 5.13. The van der Waals surface area contributed by atoms with Gasteiger partial charge in [-0.2, -0.15) is 0 Å². The van der Waals surface area contributed by atoms with Gasteiger partial charge in [-0.1, -0.05) is 25.1 Å². The van der Waals surface area contributed by atoms with Crippen LogP contribution in [0, 0.1) is 0 Å². The van der Waals surface area contributed by atoms with Crippen LogP contribution in [0.3, 0.4) is 0 Å². The van der Waals surface area contributed by atoms with Gasteiger partial charge in [-0.15, -0.1) is 24.0 Å². The van der Waals surface area contributed by atoms with Crippen molar-refractivity contribution in [1.29, 1.82) is 0 Å². The minimum Gasteiger partial charge on any atom is -0.490 e. The number of para-hydroxylation sites is 1. The molecule has 0 radical (unpaired) electrons. The number of nitrogens with one attached hydrogen (secondary N) is 2. The molecule has 0 bridgehead atoms. The maximum atomic E-state index is 6.03. The van der Waals surface area contributed by atoms with E-state index in [1.54, 1.807) is 7.05 Å². The average Bonchev–Trinajstić information content (AvgIpc) is 2.44. The number of ether oxygens (including phenoxy) is 1. The lowest BCUT2D eigenvalue weighted by Crippen LogP contribution is -2.37. The number of benzene rings is 1. The largest absolute Gasteiger partial charge is 0.490 e. The van der Waals surface area contributed by atoms with Crippen molar-refractivity contribution in [2.75, 3.05) is 13.6 Å². The number of guanidine groups is 1. The van der Waals surface area contributed by atoms with Crippen LogP contribution in [0.2, 0.25) is 0 Å². The summed E-state index contributed by atoms with van der Waals surface area (Å²) in [5, 5.41) is 6.60. The number of hydrogen-bond acceptors (Lipinski definition) is 2. The minimum atomic E-state index is 0. The fourth-order valence-corrected chi connectivity index (χ4v) is 2.08. The van der Waals surface area contributed by atoms with Gasteiger partial charge in [0.15, 0.2) is 5.96 Å². The summed E-state index contributed by atoms with van der Waals surface area (Å²) in [5.74, 6) is 1.83. The van der Waals surface area contributed by atoms with E-state index in [1.807, 2.05) is 12.1 Å². The summed E-state index contributed by atoms with van der Waals surface area (Å²) < 4.78 is 6.03. The van der Waals surface area contributed by atoms with Gasteiger partial charge in [0, 0.05) is 25.7 Å². The Morgan fingerprint density at radius 3 is 2.67 bits per heavy atom. The van der Waals surface area contributed by atoms with E-state index in [4.69, 9.17) is 4.74 Å². The predicted octanol–water partition coefficient (Wildman–Crippen LogP) is 3.31. The number of rotatable bonds is 6. The Morgan fingerprint density at radius 2 is 2.05 bits per heavy atom. The molecule has 0 unspecified atom stereocenters. The van der Waals surface area contributed by atoms with Crippen molar-refractivity contribution in [3.63, 3.8) is 0 Å². The van der Waals surface area contributed by atoms with Gasteiger partial charge in [0.1, 0.15) is 5.75 Å². The number of hydrogen-bond donors (Lipinski definition) is 2. The van der Waals surface area contributed by atoms with Crippen LogP contribution in [0.1, 0.15) is 38.2 Å². The number of aliphatic imine (C=N–C) groups is 1. The Kier molecular flexibility index (Phi) is 8.49.